The van der Waals surface area contributed by atoms with Crippen LogP contribution in [0.25, 0.3) is 10.8 Å². The lowest BCUT2D eigenvalue weighted by atomic mass is 10.1. The highest BCUT2D eigenvalue weighted by molar-refractivity contribution is 8.03. The lowest BCUT2D eigenvalue weighted by molar-refractivity contribution is 0.344. The maximum Gasteiger partial charge on any atom is 0.127 e. The Morgan fingerprint density at radius 1 is 1.22 bits per heavy atom. The van der Waals surface area contributed by atoms with Gasteiger partial charge in [0.1, 0.15) is 5.75 Å². The molecule has 2 aromatic rings. The minimum absolute atomic E-state index is 0.602. The average molecular weight is 260 g/mol. The van der Waals surface area contributed by atoms with Crippen LogP contribution in [0.2, 0.25) is 0 Å². The molecule has 0 aliphatic carbocycles. The predicted octanol–water partition coefficient (Wildman–Crippen LogP) is 3.46. The monoisotopic (exact) mass is 260 g/mol. The second kappa shape index (κ2) is 4.86. The molecule has 1 unspecified atom stereocenters. The molecule has 0 saturated heterocycles. The summed E-state index contributed by atoms with van der Waals surface area (Å²) < 4.78 is 18.0. The first-order valence-electron chi connectivity index (χ1n) is 5.74. The summed E-state index contributed by atoms with van der Waals surface area (Å²) >= 11 is 0. The molecule has 1 atom stereocenters. The molecule has 0 aliphatic heterocycles. The molecule has 2 rings (SSSR count). The van der Waals surface area contributed by atoms with Gasteiger partial charge in [0, 0.05) is 25.2 Å². The van der Waals surface area contributed by atoms with Crippen LogP contribution in [0.4, 0.5) is 0 Å². The Labute approximate surface area is 108 Å². The van der Waals surface area contributed by atoms with Crippen molar-refractivity contribution in [3.63, 3.8) is 0 Å². The van der Waals surface area contributed by atoms with Crippen molar-refractivity contribution in [1.29, 1.82) is 0 Å². The third-order valence-corrected chi connectivity index (χ3v) is 4.42. The molecule has 94 valence electrons. The molecule has 18 heavy (non-hydrogen) atoms. The van der Waals surface area contributed by atoms with Gasteiger partial charge in [-0.3, -0.25) is 4.21 Å². The number of benzene rings is 2. The maximum atomic E-state index is 12.4. The quantitative estimate of drug-likeness (QED) is 0.787. The van der Waals surface area contributed by atoms with Gasteiger partial charge in [0.15, 0.2) is 0 Å². The average Bonchev–Trinajstić information content (AvgIpc) is 2.39. The van der Waals surface area contributed by atoms with Gasteiger partial charge in [-0.15, -0.1) is 0 Å². The fourth-order valence-electron chi connectivity index (χ4n) is 1.92. The van der Waals surface area contributed by atoms with E-state index in [1.807, 2.05) is 43.3 Å². The molecule has 0 spiro atoms. The van der Waals surface area contributed by atoms with E-state index in [2.05, 4.69) is 12.4 Å². The number of rotatable bonds is 4. The standard InChI is InChI=1S/C15H16O2S/c1-4-17-14-10-11-15(18(3,16)5-2)13-9-7-6-8-12(13)14/h5-11H,2-4H2,1H3. The van der Waals surface area contributed by atoms with E-state index in [4.69, 9.17) is 4.74 Å². The van der Waals surface area contributed by atoms with E-state index in [-0.39, 0.29) is 0 Å². The Morgan fingerprint density at radius 3 is 2.50 bits per heavy atom. The zero-order valence-corrected chi connectivity index (χ0v) is 11.2. The van der Waals surface area contributed by atoms with Gasteiger partial charge in [-0.25, -0.2) is 0 Å². The topological polar surface area (TPSA) is 26.3 Å². The number of ether oxygens (including phenoxy) is 1. The Kier molecular flexibility index (Phi) is 3.43. The van der Waals surface area contributed by atoms with Crippen LogP contribution in [-0.2, 0) is 9.52 Å². The Morgan fingerprint density at radius 2 is 1.89 bits per heavy atom. The van der Waals surface area contributed by atoms with Crippen LogP contribution in [0.1, 0.15) is 6.92 Å². The smallest absolute Gasteiger partial charge is 0.127 e. The molecule has 0 bridgehead atoms. The van der Waals surface area contributed by atoms with Crippen LogP contribution >= 0.6 is 0 Å². The summed E-state index contributed by atoms with van der Waals surface area (Å²) in [6.07, 6.45) is 0. The summed E-state index contributed by atoms with van der Waals surface area (Å²) in [7, 11) is -2.45. The van der Waals surface area contributed by atoms with Crippen molar-refractivity contribution in [2.75, 3.05) is 6.61 Å². The molecule has 2 nitrogen and oxygen atoms in total. The normalized spacial score (nSPS) is 14.1. The van der Waals surface area contributed by atoms with Gasteiger partial charge >= 0.3 is 0 Å². The molecule has 0 fully saturated rings. The summed E-state index contributed by atoms with van der Waals surface area (Å²) in [4.78, 5) is 0.705. The molecule has 0 saturated carbocycles. The lowest BCUT2D eigenvalue weighted by Gasteiger charge is -2.12. The second-order valence-electron chi connectivity index (χ2n) is 3.93. The van der Waals surface area contributed by atoms with E-state index >= 15 is 0 Å². The molecule has 0 radical (unpaired) electrons. The first-order chi connectivity index (χ1) is 8.60. The van der Waals surface area contributed by atoms with Crippen LogP contribution in [0.15, 0.2) is 53.3 Å². The Hall–Kier alpha value is -1.74. The Balaban J connectivity index is 2.80. The minimum atomic E-state index is -2.45. The molecule has 3 heteroatoms. The number of fused-ring (bicyclic) bond motifs is 1. The largest absolute Gasteiger partial charge is 0.493 e. The number of hydrogen-bond acceptors (Lipinski definition) is 2. The van der Waals surface area contributed by atoms with Crippen LogP contribution in [0, 0.1) is 0 Å². The zero-order chi connectivity index (χ0) is 13.2. The van der Waals surface area contributed by atoms with Crippen LogP contribution in [0.5, 0.6) is 5.75 Å². The van der Waals surface area contributed by atoms with Crippen molar-refractivity contribution in [1.82, 2.24) is 0 Å². The molecule has 0 aromatic heterocycles. The highest BCUT2D eigenvalue weighted by Gasteiger charge is 2.11. The molecular weight excluding hydrogens is 244 g/mol. The van der Waals surface area contributed by atoms with Crippen molar-refractivity contribution >= 4 is 26.2 Å². The number of hydrogen-bond donors (Lipinski definition) is 0. The highest BCUT2D eigenvalue weighted by Crippen LogP contribution is 2.31. The van der Waals surface area contributed by atoms with Crippen molar-refractivity contribution in [2.45, 2.75) is 11.8 Å². The molecule has 0 amide bonds. The van der Waals surface area contributed by atoms with Gasteiger partial charge in [0.25, 0.3) is 0 Å². The third-order valence-electron chi connectivity index (χ3n) is 2.79. The maximum absolute atomic E-state index is 12.4. The molecule has 0 N–H and O–H groups in total. The van der Waals surface area contributed by atoms with E-state index in [1.54, 1.807) is 0 Å². The molecule has 0 aliphatic rings. The minimum Gasteiger partial charge on any atom is -0.493 e. The fraction of sp³-hybridized carbons (Fsp3) is 0.133. The zero-order valence-electron chi connectivity index (χ0n) is 10.4. The highest BCUT2D eigenvalue weighted by atomic mass is 32.2. The summed E-state index contributed by atoms with van der Waals surface area (Å²) in [5.41, 5.74) is 0. The molecule has 0 heterocycles. The predicted molar refractivity (Wildman–Crippen MR) is 78.8 cm³/mol. The summed E-state index contributed by atoms with van der Waals surface area (Å²) in [5, 5.41) is 3.27. The van der Waals surface area contributed by atoms with E-state index in [0.717, 1.165) is 16.5 Å². The molecular formula is C15H16O2S. The van der Waals surface area contributed by atoms with Gasteiger partial charge in [0.2, 0.25) is 0 Å². The van der Waals surface area contributed by atoms with Crippen molar-refractivity contribution in [3.05, 3.63) is 48.4 Å². The van der Waals surface area contributed by atoms with Crippen LogP contribution < -0.4 is 4.74 Å². The summed E-state index contributed by atoms with van der Waals surface area (Å²) in [6, 6.07) is 11.4. The SMILES string of the molecule is C=CS(=C)(=O)c1ccc(OCC)c2ccccc12. The van der Waals surface area contributed by atoms with Gasteiger partial charge in [-0.2, -0.15) is 0 Å². The van der Waals surface area contributed by atoms with E-state index in [9.17, 15) is 4.21 Å². The van der Waals surface area contributed by atoms with E-state index < -0.39 is 9.52 Å². The van der Waals surface area contributed by atoms with Gasteiger partial charge in [-0.05, 0) is 30.3 Å². The fourth-order valence-corrected chi connectivity index (χ4v) is 2.94. The van der Waals surface area contributed by atoms with E-state index in [0.29, 0.717) is 11.5 Å². The first kappa shape index (κ1) is 12.7. The Bertz CT molecular complexity index is 685. The summed E-state index contributed by atoms with van der Waals surface area (Å²) in [6.45, 7) is 6.15. The summed E-state index contributed by atoms with van der Waals surface area (Å²) in [5.74, 6) is 4.56. The van der Waals surface area contributed by atoms with Gasteiger partial charge in [-0.1, -0.05) is 30.8 Å². The third kappa shape index (κ3) is 2.14. The van der Waals surface area contributed by atoms with Crippen LogP contribution in [-0.4, -0.2) is 16.7 Å². The van der Waals surface area contributed by atoms with Crippen LogP contribution in [0.3, 0.4) is 0 Å². The first-order valence-corrected chi connectivity index (χ1v) is 7.53. The van der Waals surface area contributed by atoms with Gasteiger partial charge in [0.05, 0.1) is 6.61 Å². The second-order valence-corrected chi connectivity index (χ2v) is 6.16. The van der Waals surface area contributed by atoms with E-state index in [1.165, 1.54) is 5.41 Å². The van der Waals surface area contributed by atoms with Crippen molar-refractivity contribution in [2.24, 2.45) is 0 Å². The van der Waals surface area contributed by atoms with Crippen molar-refractivity contribution in [3.8, 4) is 5.75 Å². The van der Waals surface area contributed by atoms with Gasteiger partial charge < -0.3 is 4.74 Å². The van der Waals surface area contributed by atoms with Crippen molar-refractivity contribution < 1.29 is 8.95 Å². The molecule has 2 aromatic carbocycles. The lowest BCUT2D eigenvalue weighted by Crippen LogP contribution is -1.99.